The second-order valence-corrected chi connectivity index (χ2v) is 4.15. The van der Waals surface area contributed by atoms with Gasteiger partial charge in [-0.25, -0.2) is 0 Å². The second-order valence-electron chi connectivity index (χ2n) is 4.15. The van der Waals surface area contributed by atoms with Crippen LogP contribution in [-0.2, 0) is 4.74 Å². The maximum absolute atomic E-state index is 5.65. The predicted molar refractivity (Wildman–Crippen MR) is 68.3 cm³/mol. The zero-order valence-corrected chi connectivity index (χ0v) is 11.1. The molecule has 0 saturated heterocycles. The third-order valence-corrected chi connectivity index (χ3v) is 2.42. The van der Waals surface area contributed by atoms with Gasteiger partial charge in [0.05, 0.1) is 32.1 Å². The SMILES string of the molecule is CCNC(COC(C)C)c1cncc(OC)c1. The fraction of sp³-hybridized carbons (Fsp3) is 0.615. The monoisotopic (exact) mass is 238 g/mol. The minimum atomic E-state index is 0.157. The summed E-state index contributed by atoms with van der Waals surface area (Å²) in [6, 6.07) is 2.15. The molecule has 1 aromatic heterocycles. The van der Waals surface area contributed by atoms with E-state index in [0.29, 0.717) is 6.61 Å². The van der Waals surface area contributed by atoms with Crippen LogP contribution in [0.15, 0.2) is 18.5 Å². The predicted octanol–water partition coefficient (Wildman–Crippen LogP) is 2.17. The number of hydrogen-bond acceptors (Lipinski definition) is 4. The van der Waals surface area contributed by atoms with Gasteiger partial charge in [-0.1, -0.05) is 6.92 Å². The van der Waals surface area contributed by atoms with E-state index in [4.69, 9.17) is 9.47 Å². The molecule has 0 saturated carbocycles. The molecule has 1 aromatic rings. The highest BCUT2D eigenvalue weighted by Crippen LogP contribution is 2.18. The van der Waals surface area contributed by atoms with Gasteiger partial charge in [-0.3, -0.25) is 4.98 Å². The van der Waals surface area contributed by atoms with Crippen molar-refractivity contribution >= 4 is 0 Å². The minimum Gasteiger partial charge on any atom is -0.495 e. The lowest BCUT2D eigenvalue weighted by atomic mass is 10.1. The van der Waals surface area contributed by atoms with Gasteiger partial charge in [0.2, 0.25) is 0 Å². The van der Waals surface area contributed by atoms with Crippen molar-refractivity contribution in [3.05, 3.63) is 24.0 Å². The van der Waals surface area contributed by atoms with Crippen molar-refractivity contribution in [2.24, 2.45) is 0 Å². The molecule has 17 heavy (non-hydrogen) atoms. The Morgan fingerprint density at radius 1 is 1.35 bits per heavy atom. The number of likely N-dealkylation sites (N-methyl/N-ethyl adjacent to an activating group) is 1. The molecule has 1 rings (SSSR count). The van der Waals surface area contributed by atoms with Gasteiger partial charge in [0.1, 0.15) is 5.75 Å². The first-order chi connectivity index (χ1) is 8.17. The molecule has 1 heterocycles. The van der Waals surface area contributed by atoms with E-state index in [1.54, 1.807) is 13.3 Å². The number of pyridine rings is 1. The second kappa shape index (κ2) is 7.25. The average Bonchev–Trinajstić information content (AvgIpc) is 2.34. The Balaban J connectivity index is 2.73. The molecule has 0 bridgehead atoms. The molecular weight excluding hydrogens is 216 g/mol. The summed E-state index contributed by atoms with van der Waals surface area (Å²) in [6.07, 6.45) is 3.78. The van der Waals surface area contributed by atoms with Gasteiger partial charge >= 0.3 is 0 Å². The molecule has 0 aliphatic heterocycles. The van der Waals surface area contributed by atoms with Crippen molar-refractivity contribution in [2.45, 2.75) is 32.9 Å². The highest BCUT2D eigenvalue weighted by molar-refractivity contribution is 5.26. The molecule has 0 fully saturated rings. The maximum Gasteiger partial charge on any atom is 0.137 e. The van der Waals surface area contributed by atoms with Crippen LogP contribution in [0.5, 0.6) is 5.75 Å². The summed E-state index contributed by atoms with van der Waals surface area (Å²) in [5, 5.41) is 3.39. The van der Waals surface area contributed by atoms with E-state index >= 15 is 0 Å². The number of nitrogens with zero attached hydrogens (tertiary/aromatic N) is 1. The molecule has 96 valence electrons. The third kappa shape index (κ3) is 4.71. The molecule has 0 radical (unpaired) electrons. The van der Waals surface area contributed by atoms with Gasteiger partial charge in [-0.2, -0.15) is 0 Å². The lowest BCUT2D eigenvalue weighted by molar-refractivity contribution is 0.0613. The van der Waals surface area contributed by atoms with Crippen LogP contribution >= 0.6 is 0 Å². The van der Waals surface area contributed by atoms with E-state index < -0.39 is 0 Å². The number of methoxy groups -OCH3 is 1. The molecule has 0 aromatic carbocycles. The molecule has 1 atom stereocenters. The number of hydrogen-bond donors (Lipinski definition) is 1. The quantitative estimate of drug-likeness (QED) is 0.790. The first-order valence-corrected chi connectivity index (χ1v) is 6.01. The maximum atomic E-state index is 5.65. The zero-order valence-electron chi connectivity index (χ0n) is 11.1. The lowest BCUT2D eigenvalue weighted by Gasteiger charge is -2.20. The largest absolute Gasteiger partial charge is 0.495 e. The summed E-state index contributed by atoms with van der Waals surface area (Å²) < 4.78 is 10.8. The molecular formula is C13H22N2O2. The number of rotatable bonds is 7. The Hall–Kier alpha value is -1.13. The van der Waals surface area contributed by atoms with Gasteiger partial charge in [0.25, 0.3) is 0 Å². The molecule has 0 spiro atoms. The summed E-state index contributed by atoms with van der Waals surface area (Å²) in [6.45, 7) is 7.68. The first-order valence-electron chi connectivity index (χ1n) is 6.01. The Kier molecular flexibility index (Phi) is 5.94. The summed E-state index contributed by atoms with van der Waals surface area (Å²) in [5.41, 5.74) is 1.09. The van der Waals surface area contributed by atoms with Gasteiger partial charge in [-0.05, 0) is 32.0 Å². The van der Waals surface area contributed by atoms with Crippen molar-refractivity contribution in [1.29, 1.82) is 0 Å². The molecule has 1 unspecified atom stereocenters. The third-order valence-electron chi connectivity index (χ3n) is 2.42. The van der Waals surface area contributed by atoms with E-state index in [0.717, 1.165) is 17.9 Å². The van der Waals surface area contributed by atoms with Crippen LogP contribution in [0.3, 0.4) is 0 Å². The van der Waals surface area contributed by atoms with Crippen LogP contribution in [0.1, 0.15) is 32.4 Å². The van der Waals surface area contributed by atoms with Crippen LogP contribution in [-0.4, -0.2) is 31.3 Å². The van der Waals surface area contributed by atoms with Gasteiger partial charge in [-0.15, -0.1) is 0 Å². The molecule has 0 aliphatic rings. The normalized spacial score (nSPS) is 12.8. The summed E-state index contributed by atoms with van der Waals surface area (Å²) in [5.74, 6) is 0.773. The molecule has 1 N–H and O–H groups in total. The number of ether oxygens (including phenoxy) is 2. The highest BCUT2D eigenvalue weighted by Gasteiger charge is 2.12. The van der Waals surface area contributed by atoms with Crippen LogP contribution in [0.2, 0.25) is 0 Å². The summed E-state index contributed by atoms with van der Waals surface area (Å²) in [4.78, 5) is 4.17. The lowest BCUT2D eigenvalue weighted by Crippen LogP contribution is -2.26. The van der Waals surface area contributed by atoms with Crippen molar-refractivity contribution in [1.82, 2.24) is 10.3 Å². The minimum absolute atomic E-state index is 0.157. The Labute approximate surface area is 103 Å². The van der Waals surface area contributed by atoms with Crippen molar-refractivity contribution < 1.29 is 9.47 Å². The number of aromatic nitrogens is 1. The van der Waals surface area contributed by atoms with Gasteiger partial charge in [0.15, 0.2) is 0 Å². The fourth-order valence-electron chi connectivity index (χ4n) is 1.55. The van der Waals surface area contributed by atoms with E-state index in [-0.39, 0.29) is 12.1 Å². The Bertz CT molecular complexity index is 329. The summed E-state index contributed by atoms with van der Waals surface area (Å²) in [7, 11) is 1.65. The smallest absolute Gasteiger partial charge is 0.137 e. The molecule has 0 amide bonds. The van der Waals surface area contributed by atoms with Crippen molar-refractivity contribution in [2.75, 3.05) is 20.3 Å². The summed E-state index contributed by atoms with van der Waals surface area (Å²) >= 11 is 0. The fourth-order valence-corrected chi connectivity index (χ4v) is 1.55. The van der Waals surface area contributed by atoms with Gasteiger partial charge in [0, 0.05) is 6.20 Å². The van der Waals surface area contributed by atoms with Crippen molar-refractivity contribution in [3.8, 4) is 5.75 Å². The zero-order chi connectivity index (χ0) is 12.7. The molecule has 4 nitrogen and oxygen atoms in total. The van der Waals surface area contributed by atoms with E-state index in [1.807, 2.05) is 26.1 Å². The van der Waals surface area contributed by atoms with Crippen LogP contribution in [0.25, 0.3) is 0 Å². The van der Waals surface area contributed by atoms with E-state index in [1.165, 1.54) is 0 Å². The first kappa shape index (κ1) is 13.9. The topological polar surface area (TPSA) is 43.4 Å². The van der Waals surface area contributed by atoms with Crippen LogP contribution in [0.4, 0.5) is 0 Å². The molecule has 4 heteroatoms. The Morgan fingerprint density at radius 2 is 2.12 bits per heavy atom. The average molecular weight is 238 g/mol. The van der Waals surface area contributed by atoms with E-state index in [2.05, 4.69) is 17.2 Å². The number of nitrogens with one attached hydrogen (secondary N) is 1. The highest BCUT2D eigenvalue weighted by atomic mass is 16.5. The van der Waals surface area contributed by atoms with Crippen LogP contribution in [0, 0.1) is 0 Å². The Morgan fingerprint density at radius 3 is 2.71 bits per heavy atom. The van der Waals surface area contributed by atoms with Gasteiger partial charge < -0.3 is 14.8 Å². The molecule has 0 aliphatic carbocycles. The van der Waals surface area contributed by atoms with Crippen molar-refractivity contribution in [3.63, 3.8) is 0 Å². The standard InChI is InChI=1S/C13H22N2O2/c1-5-15-13(9-17-10(2)3)11-6-12(16-4)8-14-7-11/h6-8,10,13,15H,5,9H2,1-4H3. The van der Waals surface area contributed by atoms with E-state index in [9.17, 15) is 0 Å². The van der Waals surface area contributed by atoms with Crippen LogP contribution < -0.4 is 10.1 Å².